The van der Waals surface area contributed by atoms with Gasteiger partial charge in [-0.05, 0) is 57.3 Å². The number of nitrogens with one attached hydrogen (secondary N) is 1. The summed E-state index contributed by atoms with van der Waals surface area (Å²) >= 11 is 0. The highest BCUT2D eigenvalue weighted by Crippen LogP contribution is 2.15. The third kappa shape index (κ3) is 5.09. The van der Waals surface area contributed by atoms with Crippen molar-refractivity contribution in [2.75, 3.05) is 26.2 Å². The number of aryl methyl sites for hydroxylation is 1. The van der Waals surface area contributed by atoms with Gasteiger partial charge in [-0.2, -0.15) is 0 Å². The molecule has 0 amide bonds. The third-order valence-electron chi connectivity index (χ3n) is 4.02. The van der Waals surface area contributed by atoms with Crippen LogP contribution in [0.25, 0.3) is 0 Å². The minimum absolute atomic E-state index is 0.347. The lowest BCUT2D eigenvalue weighted by Crippen LogP contribution is -2.36. The van der Waals surface area contributed by atoms with Crippen molar-refractivity contribution in [1.82, 2.24) is 9.62 Å². The first-order chi connectivity index (χ1) is 9.97. The van der Waals surface area contributed by atoms with Gasteiger partial charge in [-0.25, -0.2) is 13.1 Å². The first-order valence-corrected chi connectivity index (χ1v) is 9.24. The smallest absolute Gasteiger partial charge is 0.240 e. The van der Waals surface area contributed by atoms with Crippen molar-refractivity contribution in [1.29, 1.82) is 0 Å². The molecule has 0 bridgehead atoms. The summed E-state index contributed by atoms with van der Waals surface area (Å²) in [6, 6.07) is 6.96. The van der Waals surface area contributed by atoms with Crippen molar-refractivity contribution in [2.45, 2.75) is 38.0 Å². The van der Waals surface area contributed by atoms with Crippen molar-refractivity contribution in [2.24, 2.45) is 5.92 Å². The van der Waals surface area contributed by atoms with E-state index in [9.17, 15) is 8.42 Å². The molecule has 1 atom stereocenters. The lowest BCUT2D eigenvalue weighted by Gasteiger charge is -2.30. The Balaban J connectivity index is 1.76. The highest BCUT2D eigenvalue weighted by atomic mass is 32.2. The molecule has 1 fully saturated rings. The van der Waals surface area contributed by atoms with E-state index in [1.165, 1.54) is 12.8 Å². The van der Waals surface area contributed by atoms with E-state index in [4.69, 9.17) is 0 Å². The van der Waals surface area contributed by atoms with Crippen molar-refractivity contribution >= 4 is 10.0 Å². The van der Waals surface area contributed by atoms with Gasteiger partial charge in [0.25, 0.3) is 0 Å². The summed E-state index contributed by atoms with van der Waals surface area (Å²) in [5.41, 5.74) is 1.06. The normalized spacial score (nSPS) is 20.6. The lowest BCUT2D eigenvalue weighted by molar-refractivity contribution is 0.182. The molecular formula is C16H26N2O2S. The molecule has 0 unspecified atom stereocenters. The second kappa shape index (κ2) is 7.38. The van der Waals surface area contributed by atoms with E-state index < -0.39 is 10.0 Å². The Morgan fingerprint density at radius 2 is 2.00 bits per heavy atom. The molecular weight excluding hydrogens is 284 g/mol. The average molecular weight is 310 g/mol. The Bertz CT molecular complexity index is 540. The standard InChI is InChI=1S/C16H26N2O2S/c1-14-6-8-16(9-7-14)21(19,20)17-10-4-12-18-11-3-5-15(2)13-18/h6-9,15,17H,3-5,10-13H2,1-2H3/t15-/m0/s1. The highest BCUT2D eigenvalue weighted by molar-refractivity contribution is 7.89. The summed E-state index contributed by atoms with van der Waals surface area (Å²) in [6.45, 7) is 8.00. The van der Waals surface area contributed by atoms with Crippen LogP contribution in [-0.4, -0.2) is 39.5 Å². The lowest BCUT2D eigenvalue weighted by atomic mass is 10.0. The summed E-state index contributed by atoms with van der Waals surface area (Å²) in [5.74, 6) is 0.767. The number of rotatable bonds is 6. The Morgan fingerprint density at radius 1 is 1.29 bits per heavy atom. The minimum atomic E-state index is -3.36. The van der Waals surface area contributed by atoms with Crippen molar-refractivity contribution < 1.29 is 8.42 Å². The fourth-order valence-corrected chi connectivity index (χ4v) is 3.87. The SMILES string of the molecule is Cc1ccc(S(=O)(=O)NCCCN2CCC[C@H](C)C2)cc1. The van der Waals surface area contributed by atoms with Crippen LogP contribution in [0.3, 0.4) is 0 Å². The number of sulfonamides is 1. The summed E-state index contributed by atoms with van der Waals surface area (Å²) in [6.07, 6.45) is 3.44. The molecule has 0 saturated carbocycles. The van der Waals surface area contributed by atoms with E-state index in [1.54, 1.807) is 12.1 Å². The van der Waals surface area contributed by atoms with E-state index >= 15 is 0 Å². The van der Waals surface area contributed by atoms with Crippen LogP contribution in [-0.2, 0) is 10.0 Å². The zero-order valence-electron chi connectivity index (χ0n) is 13.0. The second-order valence-corrected chi connectivity index (χ2v) is 7.88. The number of nitrogens with zero attached hydrogens (tertiary/aromatic N) is 1. The molecule has 1 aliphatic rings. The van der Waals surface area contributed by atoms with Gasteiger partial charge in [0.2, 0.25) is 10.0 Å². The number of hydrogen-bond donors (Lipinski definition) is 1. The van der Waals surface area contributed by atoms with Crippen LogP contribution in [0.1, 0.15) is 31.7 Å². The molecule has 1 aromatic rings. The van der Waals surface area contributed by atoms with Crippen LogP contribution >= 0.6 is 0 Å². The molecule has 21 heavy (non-hydrogen) atoms. The molecule has 1 aromatic carbocycles. The van der Waals surface area contributed by atoms with Gasteiger partial charge in [-0.15, -0.1) is 0 Å². The Hall–Kier alpha value is -0.910. The van der Waals surface area contributed by atoms with E-state index in [0.29, 0.717) is 11.4 Å². The van der Waals surface area contributed by atoms with Gasteiger partial charge in [-0.3, -0.25) is 0 Å². The quantitative estimate of drug-likeness (QED) is 0.821. The molecule has 4 nitrogen and oxygen atoms in total. The molecule has 1 N–H and O–H groups in total. The van der Waals surface area contributed by atoms with E-state index in [1.807, 2.05) is 19.1 Å². The molecule has 0 radical (unpaired) electrons. The fraction of sp³-hybridized carbons (Fsp3) is 0.625. The van der Waals surface area contributed by atoms with Crippen molar-refractivity contribution in [3.05, 3.63) is 29.8 Å². The van der Waals surface area contributed by atoms with Crippen LogP contribution < -0.4 is 4.72 Å². The maximum Gasteiger partial charge on any atom is 0.240 e. The van der Waals surface area contributed by atoms with Gasteiger partial charge < -0.3 is 4.90 Å². The number of benzene rings is 1. The predicted octanol–water partition coefficient (Wildman–Crippen LogP) is 2.40. The van der Waals surface area contributed by atoms with E-state index in [-0.39, 0.29) is 0 Å². The van der Waals surface area contributed by atoms with Crippen LogP contribution in [0.2, 0.25) is 0 Å². The molecule has 1 heterocycles. The summed E-state index contributed by atoms with van der Waals surface area (Å²) < 4.78 is 26.9. The summed E-state index contributed by atoms with van der Waals surface area (Å²) in [7, 11) is -3.36. The molecule has 5 heteroatoms. The van der Waals surface area contributed by atoms with Crippen LogP contribution in [0, 0.1) is 12.8 Å². The maximum absolute atomic E-state index is 12.1. The molecule has 1 aliphatic heterocycles. The minimum Gasteiger partial charge on any atom is -0.303 e. The largest absolute Gasteiger partial charge is 0.303 e. The average Bonchev–Trinajstić information content (AvgIpc) is 2.44. The third-order valence-corrected chi connectivity index (χ3v) is 5.49. The van der Waals surface area contributed by atoms with Gasteiger partial charge in [0.05, 0.1) is 4.90 Å². The summed E-state index contributed by atoms with van der Waals surface area (Å²) in [4.78, 5) is 2.79. The van der Waals surface area contributed by atoms with Crippen molar-refractivity contribution in [3.8, 4) is 0 Å². The van der Waals surface area contributed by atoms with E-state index in [2.05, 4.69) is 16.5 Å². The maximum atomic E-state index is 12.1. The molecule has 0 aromatic heterocycles. The van der Waals surface area contributed by atoms with Crippen molar-refractivity contribution in [3.63, 3.8) is 0 Å². The highest BCUT2D eigenvalue weighted by Gasteiger charge is 2.16. The second-order valence-electron chi connectivity index (χ2n) is 6.11. The molecule has 0 spiro atoms. The van der Waals surface area contributed by atoms with Crippen LogP contribution in [0.15, 0.2) is 29.2 Å². The Morgan fingerprint density at radius 3 is 2.67 bits per heavy atom. The number of piperidine rings is 1. The first kappa shape index (κ1) is 16.5. The molecule has 2 rings (SSSR count). The number of hydrogen-bond acceptors (Lipinski definition) is 3. The number of likely N-dealkylation sites (tertiary alicyclic amines) is 1. The van der Waals surface area contributed by atoms with Gasteiger partial charge in [0.1, 0.15) is 0 Å². The topological polar surface area (TPSA) is 49.4 Å². The molecule has 0 aliphatic carbocycles. The fourth-order valence-electron chi connectivity index (χ4n) is 2.80. The van der Waals surface area contributed by atoms with E-state index in [0.717, 1.165) is 37.5 Å². The van der Waals surface area contributed by atoms with Gasteiger partial charge in [0, 0.05) is 13.1 Å². The van der Waals surface area contributed by atoms with Gasteiger partial charge in [0.15, 0.2) is 0 Å². The molecule has 1 saturated heterocycles. The first-order valence-electron chi connectivity index (χ1n) is 7.76. The van der Waals surface area contributed by atoms with Gasteiger partial charge >= 0.3 is 0 Å². The summed E-state index contributed by atoms with van der Waals surface area (Å²) in [5, 5.41) is 0. The zero-order valence-corrected chi connectivity index (χ0v) is 13.8. The van der Waals surface area contributed by atoms with Crippen LogP contribution in [0.5, 0.6) is 0 Å². The van der Waals surface area contributed by atoms with Gasteiger partial charge in [-0.1, -0.05) is 24.6 Å². The Kier molecular flexibility index (Phi) is 5.79. The monoisotopic (exact) mass is 310 g/mol. The Labute approximate surface area is 128 Å². The predicted molar refractivity (Wildman–Crippen MR) is 85.8 cm³/mol. The zero-order chi connectivity index (χ0) is 15.3. The molecule has 118 valence electrons. The van der Waals surface area contributed by atoms with Crippen LogP contribution in [0.4, 0.5) is 0 Å².